The maximum atomic E-state index is 3.76. The lowest BCUT2D eigenvalue weighted by Gasteiger charge is -2.27. The zero-order chi connectivity index (χ0) is 12.4. The van der Waals surface area contributed by atoms with E-state index >= 15 is 0 Å². The van der Waals surface area contributed by atoms with E-state index in [2.05, 4.69) is 44.8 Å². The van der Waals surface area contributed by atoms with E-state index in [1.54, 1.807) is 0 Å². The third kappa shape index (κ3) is 7.24. The van der Waals surface area contributed by atoms with E-state index < -0.39 is 0 Å². The summed E-state index contributed by atoms with van der Waals surface area (Å²) in [5.41, 5.74) is 0. The zero-order valence-electron chi connectivity index (χ0n) is 12.1. The Kier molecular flexibility index (Phi) is 10.0. The summed E-state index contributed by atoms with van der Waals surface area (Å²) in [6.07, 6.45) is 5.24. The smallest absolute Gasteiger partial charge is 0.0169 e. The number of hydrogen-bond donors (Lipinski definition) is 1. The normalized spacial score (nSPS) is 15.4. The average molecular weight is 228 g/mol. The fourth-order valence-corrected chi connectivity index (χ4v) is 2.18. The fraction of sp³-hybridized carbons (Fsp3) is 1.00. The van der Waals surface area contributed by atoms with Crippen molar-refractivity contribution in [2.75, 3.05) is 19.6 Å². The minimum atomic E-state index is 0.613. The van der Waals surface area contributed by atoms with Crippen LogP contribution in [0.4, 0.5) is 0 Å². The van der Waals surface area contributed by atoms with Gasteiger partial charge in [0, 0.05) is 18.6 Å². The molecule has 2 heteroatoms. The first-order valence-corrected chi connectivity index (χ1v) is 7.16. The third-order valence-electron chi connectivity index (χ3n) is 3.35. The molecule has 0 aromatic rings. The van der Waals surface area contributed by atoms with E-state index in [1.807, 2.05) is 0 Å². The Morgan fingerprint density at radius 2 is 1.69 bits per heavy atom. The van der Waals surface area contributed by atoms with E-state index in [1.165, 1.54) is 32.2 Å². The minimum absolute atomic E-state index is 0.613. The Balaban J connectivity index is 3.84. The summed E-state index contributed by atoms with van der Waals surface area (Å²) in [7, 11) is 0. The zero-order valence-corrected chi connectivity index (χ0v) is 12.1. The molecule has 0 aliphatic carbocycles. The number of nitrogens with one attached hydrogen (secondary N) is 1. The van der Waals surface area contributed by atoms with Crippen molar-refractivity contribution in [2.45, 2.75) is 72.4 Å². The van der Waals surface area contributed by atoms with Gasteiger partial charge in [0.1, 0.15) is 0 Å². The molecule has 1 N–H and O–H groups in total. The molecule has 0 saturated heterocycles. The molecular formula is C14H32N2. The highest BCUT2D eigenvalue weighted by Crippen LogP contribution is 2.05. The molecule has 2 atom stereocenters. The summed E-state index contributed by atoms with van der Waals surface area (Å²) in [6, 6.07) is 1.33. The topological polar surface area (TPSA) is 15.3 Å². The summed E-state index contributed by atoms with van der Waals surface area (Å²) < 4.78 is 0. The van der Waals surface area contributed by atoms with Gasteiger partial charge in [0.25, 0.3) is 0 Å². The van der Waals surface area contributed by atoms with Crippen molar-refractivity contribution in [3.8, 4) is 0 Å². The molecule has 0 spiro atoms. The molecule has 0 amide bonds. The first kappa shape index (κ1) is 15.9. The van der Waals surface area contributed by atoms with Crippen LogP contribution in [0.15, 0.2) is 0 Å². The van der Waals surface area contributed by atoms with Crippen LogP contribution in [0, 0.1) is 0 Å². The van der Waals surface area contributed by atoms with Gasteiger partial charge in [-0.05, 0) is 32.9 Å². The van der Waals surface area contributed by atoms with Gasteiger partial charge < -0.3 is 10.2 Å². The quantitative estimate of drug-likeness (QED) is 0.617. The van der Waals surface area contributed by atoms with Crippen molar-refractivity contribution in [3.63, 3.8) is 0 Å². The SMILES string of the molecule is CCCCC(CC)NC(C)CN(CC)CC. The van der Waals surface area contributed by atoms with Gasteiger partial charge in [0.15, 0.2) is 0 Å². The van der Waals surface area contributed by atoms with Crippen molar-refractivity contribution in [1.29, 1.82) is 0 Å². The lowest BCUT2D eigenvalue weighted by atomic mass is 10.1. The molecule has 0 aromatic carbocycles. The standard InChI is InChI=1S/C14H32N2/c1-6-10-11-14(7-2)15-13(5)12-16(8-3)9-4/h13-15H,6-12H2,1-5H3. The van der Waals surface area contributed by atoms with Crippen LogP contribution in [-0.2, 0) is 0 Å². The largest absolute Gasteiger partial charge is 0.310 e. The van der Waals surface area contributed by atoms with Crippen LogP contribution < -0.4 is 5.32 Å². The third-order valence-corrected chi connectivity index (χ3v) is 3.35. The van der Waals surface area contributed by atoms with Crippen molar-refractivity contribution in [3.05, 3.63) is 0 Å². The molecule has 0 aliphatic heterocycles. The van der Waals surface area contributed by atoms with Crippen LogP contribution in [0.2, 0.25) is 0 Å². The molecule has 0 radical (unpaired) electrons. The van der Waals surface area contributed by atoms with Gasteiger partial charge in [-0.2, -0.15) is 0 Å². The molecule has 0 saturated carbocycles. The molecule has 0 aromatic heterocycles. The highest BCUT2D eigenvalue weighted by Gasteiger charge is 2.11. The molecule has 2 unspecified atom stereocenters. The van der Waals surface area contributed by atoms with Crippen LogP contribution in [0.25, 0.3) is 0 Å². The van der Waals surface area contributed by atoms with E-state index in [9.17, 15) is 0 Å². The average Bonchev–Trinajstić information content (AvgIpc) is 2.31. The van der Waals surface area contributed by atoms with Gasteiger partial charge in [-0.15, -0.1) is 0 Å². The Hall–Kier alpha value is -0.0800. The molecule has 0 aliphatic rings. The van der Waals surface area contributed by atoms with Crippen molar-refractivity contribution < 1.29 is 0 Å². The van der Waals surface area contributed by atoms with E-state index in [4.69, 9.17) is 0 Å². The maximum Gasteiger partial charge on any atom is 0.0169 e. The summed E-state index contributed by atoms with van der Waals surface area (Å²) >= 11 is 0. The van der Waals surface area contributed by atoms with E-state index in [-0.39, 0.29) is 0 Å². The van der Waals surface area contributed by atoms with Gasteiger partial charge in [-0.3, -0.25) is 0 Å². The van der Waals surface area contributed by atoms with Crippen molar-refractivity contribution >= 4 is 0 Å². The molecular weight excluding hydrogens is 196 g/mol. The maximum absolute atomic E-state index is 3.76. The fourth-order valence-electron chi connectivity index (χ4n) is 2.18. The van der Waals surface area contributed by atoms with Crippen LogP contribution >= 0.6 is 0 Å². The van der Waals surface area contributed by atoms with Crippen LogP contribution in [-0.4, -0.2) is 36.6 Å². The Bertz CT molecular complexity index is 144. The molecule has 16 heavy (non-hydrogen) atoms. The second kappa shape index (κ2) is 10.1. The van der Waals surface area contributed by atoms with E-state index in [0.717, 1.165) is 13.1 Å². The molecule has 0 bridgehead atoms. The molecule has 2 nitrogen and oxygen atoms in total. The summed E-state index contributed by atoms with van der Waals surface area (Å²) in [5.74, 6) is 0. The van der Waals surface area contributed by atoms with Gasteiger partial charge in [-0.25, -0.2) is 0 Å². The molecule has 0 fully saturated rings. The minimum Gasteiger partial charge on any atom is -0.310 e. The Morgan fingerprint density at radius 3 is 2.12 bits per heavy atom. The molecule has 98 valence electrons. The predicted molar refractivity (Wildman–Crippen MR) is 74.0 cm³/mol. The summed E-state index contributed by atoms with van der Waals surface area (Å²) in [6.45, 7) is 14.9. The second-order valence-electron chi connectivity index (χ2n) is 4.80. The first-order chi connectivity index (χ1) is 7.67. The Labute approximate surface area is 103 Å². The van der Waals surface area contributed by atoms with Gasteiger partial charge in [0.2, 0.25) is 0 Å². The predicted octanol–water partition coefficient (Wildman–Crippen LogP) is 3.28. The van der Waals surface area contributed by atoms with Gasteiger partial charge in [0.05, 0.1) is 0 Å². The van der Waals surface area contributed by atoms with Crippen molar-refractivity contribution in [1.82, 2.24) is 10.2 Å². The lowest BCUT2D eigenvalue weighted by Crippen LogP contribution is -2.43. The van der Waals surface area contributed by atoms with E-state index in [0.29, 0.717) is 12.1 Å². The number of nitrogens with zero attached hydrogens (tertiary/aromatic N) is 1. The molecule has 0 heterocycles. The van der Waals surface area contributed by atoms with Gasteiger partial charge in [-0.1, -0.05) is 40.5 Å². The number of unbranched alkanes of at least 4 members (excludes halogenated alkanes) is 1. The second-order valence-corrected chi connectivity index (χ2v) is 4.80. The lowest BCUT2D eigenvalue weighted by molar-refractivity contribution is 0.256. The van der Waals surface area contributed by atoms with Crippen LogP contribution in [0.5, 0.6) is 0 Å². The number of hydrogen-bond acceptors (Lipinski definition) is 2. The van der Waals surface area contributed by atoms with Crippen LogP contribution in [0.1, 0.15) is 60.3 Å². The van der Waals surface area contributed by atoms with Gasteiger partial charge >= 0.3 is 0 Å². The number of rotatable bonds is 10. The first-order valence-electron chi connectivity index (χ1n) is 7.16. The highest BCUT2D eigenvalue weighted by molar-refractivity contribution is 4.73. The number of likely N-dealkylation sites (N-methyl/N-ethyl adjacent to an activating group) is 1. The summed E-state index contributed by atoms with van der Waals surface area (Å²) in [4.78, 5) is 2.49. The highest BCUT2D eigenvalue weighted by atomic mass is 15.1. The monoisotopic (exact) mass is 228 g/mol. The van der Waals surface area contributed by atoms with Crippen molar-refractivity contribution in [2.24, 2.45) is 0 Å². The van der Waals surface area contributed by atoms with Crippen LogP contribution in [0.3, 0.4) is 0 Å². The summed E-state index contributed by atoms with van der Waals surface area (Å²) in [5, 5.41) is 3.76. The molecule has 0 rings (SSSR count). The Morgan fingerprint density at radius 1 is 1.06 bits per heavy atom.